The maximum atomic E-state index is 11.9. The lowest BCUT2D eigenvalue weighted by atomic mass is 10.1. The van der Waals surface area contributed by atoms with Crippen LogP contribution in [0.3, 0.4) is 0 Å². The topological polar surface area (TPSA) is 90.5 Å². The van der Waals surface area contributed by atoms with E-state index >= 15 is 0 Å². The molecule has 142 valence electrons. The number of hydrogen-bond donors (Lipinski definition) is 1. The van der Waals surface area contributed by atoms with Crippen LogP contribution in [-0.4, -0.2) is 35.4 Å². The van der Waals surface area contributed by atoms with Crippen molar-refractivity contribution < 1.29 is 4.79 Å². The second kappa shape index (κ2) is 6.88. The fraction of sp³-hybridized carbons (Fsp3) is 0.250. The van der Waals surface area contributed by atoms with Crippen LogP contribution in [0.2, 0.25) is 0 Å². The second-order valence-electron chi connectivity index (χ2n) is 6.77. The Balaban J connectivity index is 1.87. The van der Waals surface area contributed by atoms with Crippen molar-refractivity contribution >= 4 is 22.8 Å². The van der Waals surface area contributed by atoms with Crippen LogP contribution in [0.15, 0.2) is 36.8 Å². The Bertz CT molecular complexity index is 1190. The zero-order valence-electron chi connectivity index (χ0n) is 16.3. The van der Waals surface area contributed by atoms with E-state index in [2.05, 4.69) is 38.5 Å². The zero-order chi connectivity index (χ0) is 19.8. The average molecular weight is 375 g/mol. The molecule has 0 radical (unpaired) electrons. The van der Waals surface area contributed by atoms with Crippen LogP contribution in [0, 0.1) is 20.8 Å². The third-order valence-electron chi connectivity index (χ3n) is 4.55. The van der Waals surface area contributed by atoms with Crippen LogP contribution in [0.4, 0.5) is 5.82 Å². The number of nitrogens with zero attached hydrogens (tertiary/aromatic N) is 6. The largest absolute Gasteiger partial charge is 0.311 e. The van der Waals surface area contributed by atoms with Crippen molar-refractivity contribution in [2.75, 3.05) is 5.32 Å². The first-order chi connectivity index (χ1) is 13.5. The second-order valence-corrected chi connectivity index (χ2v) is 6.77. The Kier molecular flexibility index (Phi) is 4.38. The van der Waals surface area contributed by atoms with E-state index in [1.165, 1.54) is 11.9 Å². The summed E-state index contributed by atoms with van der Waals surface area (Å²) in [7, 11) is 0. The summed E-state index contributed by atoms with van der Waals surface area (Å²) >= 11 is 0. The summed E-state index contributed by atoms with van der Waals surface area (Å²) in [6.45, 7) is 7.78. The van der Waals surface area contributed by atoms with Crippen LogP contribution < -0.4 is 5.32 Å². The van der Waals surface area contributed by atoms with Crippen LogP contribution in [0.1, 0.15) is 30.2 Å². The van der Waals surface area contributed by atoms with Crippen molar-refractivity contribution in [3.05, 3.63) is 53.6 Å². The molecule has 4 rings (SSSR count). The van der Waals surface area contributed by atoms with Gasteiger partial charge in [-0.2, -0.15) is 14.9 Å². The Labute approximate surface area is 162 Å². The third kappa shape index (κ3) is 3.02. The van der Waals surface area contributed by atoms with Gasteiger partial charge in [0.2, 0.25) is 5.91 Å². The summed E-state index contributed by atoms with van der Waals surface area (Å²) in [6, 6.07) is 8.01. The third-order valence-corrected chi connectivity index (χ3v) is 4.55. The Morgan fingerprint density at radius 1 is 1.11 bits per heavy atom. The lowest BCUT2D eigenvalue weighted by Gasteiger charge is -2.09. The van der Waals surface area contributed by atoms with Gasteiger partial charge >= 0.3 is 0 Å². The molecule has 0 aliphatic rings. The van der Waals surface area contributed by atoms with E-state index in [4.69, 9.17) is 0 Å². The molecule has 0 aliphatic heterocycles. The smallest absolute Gasteiger partial charge is 0.225 e. The highest BCUT2D eigenvalue weighted by molar-refractivity contribution is 5.91. The normalized spacial score (nSPS) is 11.1. The summed E-state index contributed by atoms with van der Waals surface area (Å²) in [4.78, 5) is 20.7. The summed E-state index contributed by atoms with van der Waals surface area (Å²) < 4.78 is 3.43. The predicted octanol–water partition coefficient (Wildman–Crippen LogP) is 3.27. The molecule has 3 aromatic heterocycles. The van der Waals surface area contributed by atoms with Crippen LogP contribution >= 0.6 is 0 Å². The molecular formula is C20H21N7O. The molecule has 0 fully saturated rings. The Hall–Kier alpha value is -3.55. The van der Waals surface area contributed by atoms with Crippen molar-refractivity contribution in [3.63, 3.8) is 0 Å². The number of hydrogen-bond acceptors (Lipinski definition) is 5. The van der Waals surface area contributed by atoms with Gasteiger partial charge in [0.05, 0.1) is 23.0 Å². The number of aromatic nitrogens is 6. The molecule has 0 unspecified atom stereocenters. The van der Waals surface area contributed by atoms with Crippen molar-refractivity contribution in [1.82, 2.24) is 29.5 Å². The summed E-state index contributed by atoms with van der Waals surface area (Å²) in [6.07, 6.45) is 3.60. The Morgan fingerprint density at radius 2 is 1.93 bits per heavy atom. The number of carbonyl (C=O) groups is 1. The summed E-state index contributed by atoms with van der Waals surface area (Å²) in [5.41, 5.74) is 4.71. The molecule has 8 nitrogen and oxygen atoms in total. The molecular weight excluding hydrogens is 354 g/mol. The molecule has 1 amide bonds. The number of benzene rings is 1. The molecule has 0 bridgehead atoms. The highest BCUT2D eigenvalue weighted by Gasteiger charge is 2.17. The predicted molar refractivity (Wildman–Crippen MR) is 107 cm³/mol. The molecule has 0 aliphatic carbocycles. The molecule has 1 aromatic carbocycles. The SMILES string of the molecule is CCC(=O)Nc1cc(C)nn1-c1ncnc2c1cnn2-c1ccc(C)cc1C. The molecule has 0 saturated heterocycles. The maximum absolute atomic E-state index is 11.9. The standard InChI is InChI=1S/C20H21N7O/c1-5-18(28)24-17-9-14(4)25-27(17)20-15-10-23-26(19(15)21-11-22-20)16-7-6-12(2)8-13(16)3/h6-11H,5H2,1-4H3,(H,24,28). The van der Waals surface area contributed by atoms with Gasteiger partial charge in [-0.3, -0.25) is 4.79 Å². The fourth-order valence-electron chi connectivity index (χ4n) is 3.20. The van der Waals surface area contributed by atoms with E-state index < -0.39 is 0 Å². The highest BCUT2D eigenvalue weighted by atomic mass is 16.1. The molecule has 3 heterocycles. The first kappa shape index (κ1) is 17.8. The minimum Gasteiger partial charge on any atom is -0.311 e. The number of aryl methyl sites for hydroxylation is 3. The number of rotatable bonds is 4. The van der Waals surface area contributed by atoms with Gasteiger partial charge in [0.15, 0.2) is 11.5 Å². The maximum Gasteiger partial charge on any atom is 0.225 e. The lowest BCUT2D eigenvalue weighted by molar-refractivity contribution is -0.115. The summed E-state index contributed by atoms with van der Waals surface area (Å²) in [5.74, 6) is 1.06. The minimum atomic E-state index is -0.0857. The van der Waals surface area contributed by atoms with Crippen molar-refractivity contribution in [2.24, 2.45) is 0 Å². The first-order valence-electron chi connectivity index (χ1n) is 9.11. The van der Waals surface area contributed by atoms with Gasteiger partial charge in [0.1, 0.15) is 12.1 Å². The van der Waals surface area contributed by atoms with Crippen LogP contribution in [0.25, 0.3) is 22.5 Å². The lowest BCUT2D eigenvalue weighted by Crippen LogP contribution is -2.14. The van der Waals surface area contributed by atoms with Gasteiger partial charge in [0.25, 0.3) is 0 Å². The molecule has 0 saturated carbocycles. The van der Waals surface area contributed by atoms with Gasteiger partial charge in [-0.15, -0.1) is 0 Å². The first-order valence-corrected chi connectivity index (χ1v) is 9.11. The number of nitrogens with one attached hydrogen (secondary N) is 1. The summed E-state index contributed by atoms with van der Waals surface area (Å²) in [5, 5.41) is 12.7. The van der Waals surface area contributed by atoms with E-state index in [-0.39, 0.29) is 5.91 Å². The number of fused-ring (bicyclic) bond motifs is 1. The fourth-order valence-corrected chi connectivity index (χ4v) is 3.20. The highest BCUT2D eigenvalue weighted by Crippen LogP contribution is 2.25. The minimum absolute atomic E-state index is 0.0857. The zero-order valence-corrected chi connectivity index (χ0v) is 16.3. The van der Waals surface area contributed by atoms with Gasteiger partial charge in [0, 0.05) is 12.5 Å². The van der Waals surface area contributed by atoms with Crippen molar-refractivity contribution in [2.45, 2.75) is 34.1 Å². The van der Waals surface area contributed by atoms with Gasteiger partial charge < -0.3 is 5.32 Å². The number of amides is 1. The quantitative estimate of drug-likeness (QED) is 0.591. The van der Waals surface area contributed by atoms with E-state index in [1.807, 2.05) is 32.0 Å². The van der Waals surface area contributed by atoms with Gasteiger partial charge in [-0.05, 0) is 32.4 Å². The van der Waals surface area contributed by atoms with Crippen LogP contribution in [0.5, 0.6) is 0 Å². The number of anilines is 1. The van der Waals surface area contributed by atoms with Crippen molar-refractivity contribution in [3.8, 4) is 11.5 Å². The van der Waals surface area contributed by atoms with E-state index in [9.17, 15) is 4.79 Å². The molecule has 8 heteroatoms. The van der Waals surface area contributed by atoms with Crippen molar-refractivity contribution in [1.29, 1.82) is 0 Å². The Morgan fingerprint density at radius 3 is 2.68 bits per heavy atom. The molecule has 4 aromatic rings. The average Bonchev–Trinajstić information content (AvgIpc) is 3.25. The van der Waals surface area contributed by atoms with Gasteiger partial charge in [-0.1, -0.05) is 24.6 Å². The number of carbonyl (C=O) groups excluding carboxylic acids is 1. The van der Waals surface area contributed by atoms with E-state index in [1.54, 1.807) is 22.5 Å². The van der Waals surface area contributed by atoms with E-state index in [0.29, 0.717) is 23.7 Å². The van der Waals surface area contributed by atoms with Gasteiger partial charge in [-0.25, -0.2) is 14.6 Å². The molecule has 28 heavy (non-hydrogen) atoms. The van der Waals surface area contributed by atoms with E-state index in [0.717, 1.165) is 22.3 Å². The molecule has 0 spiro atoms. The molecule has 0 atom stereocenters. The van der Waals surface area contributed by atoms with Crippen LogP contribution in [-0.2, 0) is 4.79 Å². The molecule has 1 N–H and O–H groups in total. The monoisotopic (exact) mass is 375 g/mol.